The lowest BCUT2D eigenvalue weighted by molar-refractivity contribution is -0.119. The van der Waals surface area contributed by atoms with Crippen LogP contribution in [0.1, 0.15) is 25.2 Å². The van der Waals surface area contributed by atoms with E-state index in [2.05, 4.69) is 15.5 Å². The highest BCUT2D eigenvalue weighted by Gasteiger charge is 2.27. The van der Waals surface area contributed by atoms with Crippen molar-refractivity contribution in [3.05, 3.63) is 23.5 Å². The Hall–Kier alpha value is -2.11. The summed E-state index contributed by atoms with van der Waals surface area (Å²) < 4.78 is 0. The third-order valence-electron chi connectivity index (χ3n) is 2.87. The minimum Gasteiger partial charge on any atom is -0.409 e. The summed E-state index contributed by atoms with van der Waals surface area (Å²) in [7, 11) is 0. The molecule has 104 valence electrons. The molecular weight excluding hydrogens is 244 g/mol. The smallest absolute Gasteiger partial charge is 0.235 e. The Balaban J connectivity index is 2.94. The van der Waals surface area contributed by atoms with Gasteiger partial charge in [-0.15, -0.1) is 0 Å². The molecule has 0 radical (unpaired) electrons. The SMILES string of the molecule is Cc1ccc(NC(=O)C(C(N)=NO)C(C)C)c(C)n1. The molecule has 0 fully saturated rings. The van der Waals surface area contributed by atoms with E-state index in [4.69, 9.17) is 10.9 Å². The van der Waals surface area contributed by atoms with Crippen LogP contribution in [0.3, 0.4) is 0 Å². The molecular formula is C13H20N4O2. The van der Waals surface area contributed by atoms with Crippen molar-refractivity contribution in [3.8, 4) is 0 Å². The second-order valence-corrected chi connectivity index (χ2v) is 4.82. The van der Waals surface area contributed by atoms with Crippen LogP contribution >= 0.6 is 0 Å². The predicted octanol–water partition coefficient (Wildman–Crippen LogP) is 1.66. The Morgan fingerprint density at radius 2 is 2.05 bits per heavy atom. The number of nitrogens with one attached hydrogen (secondary N) is 1. The van der Waals surface area contributed by atoms with Gasteiger partial charge in [0.2, 0.25) is 5.91 Å². The third kappa shape index (κ3) is 3.67. The van der Waals surface area contributed by atoms with E-state index in [1.165, 1.54) is 0 Å². The molecule has 1 rings (SSSR count). The molecule has 0 bridgehead atoms. The fourth-order valence-electron chi connectivity index (χ4n) is 1.87. The monoisotopic (exact) mass is 264 g/mol. The van der Waals surface area contributed by atoms with Crippen LogP contribution in [-0.2, 0) is 4.79 Å². The van der Waals surface area contributed by atoms with Gasteiger partial charge in [0.1, 0.15) is 5.92 Å². The topological polar surface area (TPSA) is 101 Å². The zero-order valence-electron chi connectivity index (χ0n) is 11.6. The molecule has 4 N–H and O–H groups in total. The normalized spacial score (nSPS) is 13.4. The van der Waals surface area contributed by atoms with Crippen LogP contribution in [0.2, 0.25) is 0 Å². The van der Waals surface area contributed by atoms with E-state index >= 15 is 0 Å². The molecule has 1 aromatic rings. The number of hydrogen-bond acceptors (Lipinski definition) is 4. The molecule has 0 aromatic carbocycles. The Labute approximate surface area is 112 Å². The standard InChI is InChI=1S/C13H20N4O2/c1-7(2)11(12(14)17-19)13(18)16-10-6-5-8(3)15-9(10)4/h5-7,11,19H,1-4H3,(H2,14,17)(H,16,18). The van der Waals surface area contributed by atoms with E-state index in [1.54, 1.807) is 6.07 Å². The van der Waals surface area contributed by atoms with Crippen LogP contribution in [0.5, 0.6) is 0 Å². The van der Waals surface area contributed by atoms with E-state index in [-0.39, 0.29) is 17.7 Å². The molecule has 1 aromatic heterocycles. The molecule has 6 nitrogen and oxygen atoms in total. The molecule has 1 unspecified atom stereocenters. The van der Waals surface area contributed by atoms with Gasteiger partial charge in [0, 0.05) is 5.69 Å². The van der Waals surface area contributed by atoms with Gasteiger partial charge in [-0.05, 0) is 31.9 Å². The minimum absolute atomic E-state index is 0.0744. The molecule has 6 heteroatoms. The first-order valence-electron chi connectivity index (χ1n) is 6.09. The van der Waals surface area contributed by atoms with Gasteiger partial charge in [-0.3, -0.25) is 9.78 Å². The number of anilines is 1. The zero-order valence-corrected chi connectivity index (χ0v) is 11.6. The van der Waals surface area contributed by atoms with Crippen LogP contribution in [0.15, 0.2) is 17.3 Å². The molecule has 0 aliphatic rings. The number of nitrogens with two attached hydrogens (primary N) is 1. The first kappa shape index (κ1) is 14.9. The molecule has 0 saturated carbocycles. The summed E-state index contributed by atoms with van der Waals surface area (Å²) in [6.07, 6.45) is 0. The summed E-state index contributed by atoms with van der Waals surface area (Å²) in [5.74, 6) is -1.15. The van der Waals surface area contributed by atoms with E-state index in [0.717, 1.165) is 11.4 Å². The van der Waals surface area contributed by atoms with Crippen molar-refractivity contribution in [1.29, 1.82) is 0 Å². The number of amidine groups is 1. The van der Waals surface area contributed by atoms with E-state index in [9.17, 15) is 4.79 Å². The van der Waals surface area contributed by atoms with Gasteiger partial charge < -0.3 is 16.3 Å². The van der Waals surface area contributed by atoms with Gasteiger partial charge in [0.25, 0.3) is 0 Å². The average molecular weight is 264 g/mol. The number of hydrogen-bond donors (Lipinski definition) is 3. The van der Waals surface area contributed by atoms with Gasteiger partial charge in [0.15, 0.2) is 5.84 Å². The van der Waals surface area contributed by atoms with Gasteiger partial charge in [-0.2, -0.15) is 0 Å². The number of nitrogens with zero attached hydrogens (tertiary/aromatic N) is 2. The Bertz CT molecular complexity index is 497. The number of carbonyl (C=O) groups excluding carboxylic acids is 1. The minimum atomic E-state index is -0.675. The van der Waals surface area contributed by atoms with Crippen molar-refractivity contribution in [2.45, 2.75) is 27.7 Å². The summed E-state index contributed by atoms with van der Waals surface area (Å²) >= 11 is 0. The zero-order chi connectivity index (χ0) is 14.6. The first-order chi connectivity index (χ1) is 8.86. The first-order valence-corrected chi connectivity index (χ1v) is 6.09. The van der Waals surface area contributed by atoms with Crippen molar-refractivity contribution >= 4 is 17.4 Å². The van der Waals surface area contributed by atoms with Gasteiger partial charge >= 0.3 is 0 Å². The number of rotatable bonds is 4. The maximum atomic E-state index is 12.2. The Morgan fingerprint density at radius 1 is 1.42 bits per heavy atom. The molecule has 0 aliphatic carbocycles. The molecule has 1 amide bonds. The fourth-order valence-corrected chi connectivity index (χ4v) is 1.87. The number of pyridine rings is 1. The molecule has 1 atom stereocenters. The molecule has 0 spiro atoms. The number of aryl methyl sites for hydroxylation is 2. The maximum Gasteiger partial charge on any atom is 0.235 e. The van der Waals surface area contributed by atoms with Gasteiger partial charge in [0.05, 0.1) is 11.4 Å². The maximum absolute atomic E-state index is 12.2. The quantitative estimate of drug-likeness (QED) is 0.333. The summed E-state index contributed by atoms with van der Waals surface area (Å²) in [5, 5.41) is 14.4. The fraction of sp³-hybridized carbons (Fsp3) is 0.462. The third-order valence-corrected chi connectivity index (χ3v) is 2.87. The second kappa shape index (κ2) is 6.17. The number of carbonyl (C=O) groups is 1. The lowest BCUT2D eigenvalue weighted by atomic mass is 9.93. The van der Waals surface area contributed by atoms with Crippen molar-refractivity contribution in [3.63, 3.8) is 0 Å². The van der Waals surface area contributed by atoms with E-state index in [1.807, 2.05) is 33.8 Å². The molecule has 0 aliphatic heterocycles. The lowest BCUT2D eigenvalue weighted by Gasteiger charge is -2.19. The lowest BCUT2D eigenvalue weighted by Crippen LogP contribution is -2.38. The van der Waals surface area contributed by atoms with Crippen LogP contribution in [0.25, 0.3) is 0 Å². The molecule has 0 saturated heterocycles. The molecule has 19 heavy (non-hydrogen) atoms. The number of oxime groups is 1. The summed E-state index contributed by atoms with van der Waals surface area (Å²) in [6.45, 7) is 7.37. The van der Waals surface area contributed by atoms with Crippen LogP contribution < -0.4 is 11.1 Å². The number of amides is 1. The van der Waals surface area contributed by atoms with Crippen LogP contribution in [0, 0.1) is 25.7 Å². The Kier molecular flexibility index (Phi) is 4.86. The van der Waals surface area contributed by atoms with Crippen molar-refractivity contribution < 1.29 is 10.0 Å². The predicted molar refractivity (Wildman–Crippen MR) is 74.1 cm³/mol. The second-order valence-electron chi connectivity index (χ2n) is 4.82. The van der Waals surface area contributed by atoms with Crippen molar-refractivity contribution in [2.75, 3.05) is 5.32 Å². The average Bonchev–Trinajstić information content (AvgIpc) is 2.32. The van der Waals surface area contributed by atoms with Gasteiger partial charge in [-0.25, -0.2) is 0 Å². The number of aromatic nitrogens is 1. The molecule has 1 heterocycles. The largest absolute Gasteiger partial charge is 0.409 e. The van der Waals surface area contributed by atoms with E-state index < -0.39 is 5.92 Å². The summed E-state index contributed by atoms with van der Waals surface area (Å²) in [5.41, 5.74) is 7.80. The highest BCUT2D eigenvalue weighted by molar-refractivity contribution is 6.08. The van der Waals surface area contributed by atoms with Crippen molar-refractivity contribution in [2.24, 2.45) is 22.7 Å². The highest BCUT2D eigenvalue weighted by Crippen LogP contribution is 2.17. The highest BCUT2D eigenvalue weighted by atomic mass is 16.4. The van der Waals surface area contributed by atoms with Gasteiger partial charge in [-0.1, -0.05) is 19.0 Å². The Morgan fingerprint density at radius 3 is 2.53 bits per heavy atom. The van der Waals surface area contributed by atoms with E-state index in [0.29, 0.717) is 5.69 Å². The van der Waals surface area contributed by atoms with Crippen LogP contribution in [0.4, 0.5) is 5.69 Å². The van der Waals surface area contributed by atoms with Crippen LogP contribution in [-0.4, -0.2) is 21.9 Å². The summed E-state index contributed by atoms with van der Waals surface area (Å²) in [6, 6.07) is 3.61. The van der Waals surface area contributed by atoms with Crippen molar-refractivity contribution in [1.82, 2.24) is 4.98 Å². The summed E-state index contributed by atoms with van der Waals surface area (Å²) in [4.78, 5) is 16.5.